The zero-order valence-electron chi connectivity index (χ0n) is 17.6. The molecule has 1 N–H and O–H groups in total. The zero-order valence-corrected chi connectivity index (χ0v) is 17.6. The lowest BCUT2D eigenvalue weighted by molar-refractivity contribution is -0.0269. The van der Waals surface area contributed by atoms with E-state index < -0.39 is 12.5 Å². The molecule has 3 rings (SSSR count). The number of hydrogen-bond acceptors (Lipinski definition) is 4. The van der Waals surface area contributed by atoms with Gasteiger partial charge in [0.1, 0.15) is 0 Å². The van der Waals surface area contributed by atoms with Gasteiger partial charge in [-0.25, -0.2) is 8.78 Å². The molecule has 0 saturated carbocycles. The summed E-state index contributed by atoms with van der Waals surface area (Å²) >= 11 is 0. The molecule has 3 atom stereocenters. The molecule has 28 heavy (non-hydrogen) atoms. The highest BCUT2D eigenvalue weighted by Gasteiger charge is 2.40. The van der Waals surface area contributed by atoms with Gasteiger partial charge in [-0.15, -0.1) is 0 Å². The fourth-order valence-corrected chi connectivity index (χ4v) is 4.56. The smallest absolute Gasteiger partial charge is 0.278 e. The molecule has 6 heteroatoms. The normalized spacial score (nSPS) is 25.8. The summed E-state index contributed by atoms with van der Waals surface area (Å²) < 4.78 is 37.2. The van der Waals surface area contributed by atoms with Gasteiger partial charge in [0, 0.05) is 26.1 Å². The molecule has 0 bridgehead atoms. The van der Waals surface area contributed by atoms with Crippen LogP contribution in [0.3, 0.4) is 0 Å². The molecule has 1 aromatic rings. The standard InChI is InChI=1S/C22H33F2NO3/c1-21(2,3)11-15-12-25-7-6-14-8-20(28-13-22(4,23)24)19(27-5)9-16(14)17(25)10-18(15)26/h8-9,15,17-18,26H,6-7,10-13H2,1-5H3/t15-,17-,18-/m1/s1. The highest BCUT2D eigenvalue weighted by Crippen LogP contribution is 2.44. The number of aliphatic hydroxyl groups is 1. The van der Waals surface area contributed by atoms with Crippen LogP contribution in [0.2, 0.25) is 0 Å². The van der Waals surface area contributed by atoms with Crippen LogP contribution in [-0.2, 0) is 6.42 Å². The van der Waals surface area contributed by atoms with Crippen molar-refractivity contribution in [1.29, 1.82) is 0 Å². The van der Waals surface area contributed by atoms with E-state index in [4.69, 9.17) is 9.47 Å². The van der Waals surface area contributed by atoms with Crippen molar-refractivity contribution in [3.8, 4) is 11.5 Å². The zero-order chi connectivity index (χ0) is 20.7. The summed E-state index contributed by atoms with van der Waals surface area (Å²) in [6.07, 6.45) is 2.18. The Balaban J connectivity index is 1.82. The van der Waals surface area contributed by atoms with Crippen LogP contribution in [0.4, 0.5) is 8.78 Å². The summed E-state index contributed by atoms with van der Waals surface area (Å²) in [6.45, 7) is 8.58. The lowest BCUT2D eigenvalue weighted by atomic mass is 9.75. The lowest BCUT2D eigenvalue weighted by Gasteiger charge is -2.47. The number of ether oxygens (including phenoxy) is 2. The minimum absolute atomic E-state index is 0.130. The Bertz CT molecular complexity index is 696. The van der Waals surface area contributed by atoms with Crippen LogP contribution < -0.4 is 9.47 Å². The lowest BCUT2D eigenvalue weighted by Crippen LogP contribution is -2.48. The Labute approximate surface area is 166 Å². The van der Waals surface area contributed by atoms with E-state index in [0.717, 1.165) is 44.0 Å². The molecule has 2 heterocycles. The van der Waals surface area contributed by atoms with E-state index in [1.807, 2.05) is 12.1 Å². The maximum atomic E-state index is 13.2. The van der Waals surface area contributed by atoms with Crippen molar-refractivity contribution in [2.75, 3.05) is 26.8 Å². The fraction of sp³-hybridized carbons (Fsp3) is 0.727. The molecule has 0 radical (unpaired) electrons. The van der Waals surface area contributed by atoms with Gasteiger partial charge < -0.3 is 14.6 Å². The van der Waals surface area contributed by atoms with E-state index in [1.54, 1.807) is 0 Å². The van der Waals surface area contributed by atoms with Gasteiger partial charge in [-0.05, 0) is 53.9 Å². The van der Waals surface area contributed by atoms with E-state index >= 15 is 0 Å². The average molecular weight is 398 g/mol. The molecular weight excluding hydrogens is 364 g/mol. The Hall–Kier alpha value is -1.40. The third-order valence-corrected chi connectivity index (χ3v) is 5.73. The quantitative estimate of drug-likeness (QED) is 0.797. The summed E-state index contributed by atoms with van der Waals surface area (Å²) in [5.74, 6) is -1.80. The number of fused-ring (bicyclic) bond motifs is 3. The van der Waals surface area contributed by atoms with Gasteiger partial charge in [0.05, 0.1) is 13.2 Å². The highest BCUT2D eigenvalue weighted by atomic mass is 19.3. The first-order valence-corrected chi connectivity index (χ1v) is 10.1. The Morgan fingerprint density at radius 2 is 1.89 bits per heavy atom. The maximum Gasteiger partial charge on any atom is 0.278 e. The van der Waals surface area contributed by atoms with Crippen molar-refractivity contribution >= 4 is 0 Å². The number of halogens is 2. The van der Waals surface area contributed by atoms with Crippen molar-refractivity contribution in [2.45, 2.75) is 65.0 Å². The molecule has 0 unspecified atom stereocenters. The van der Waals surface area contributed by atoms with Crippen LogP contribution in [0.15, 0.2) is 12.1 Å². The summed E-state index contributed by atoms with van der Waals surface area (Å²) in [4.78, 5) is 2.45. The van der Waals surface area contributed by atoms with Crippen molar-refractivity contribution in [3.05, 3.63) is 23.3 Å². The van der Waals surface area contributed by atoms with Gasteiger partial charge in [0.2, 0.25) is 0 Å². The number of piperidine rings is 1. The number of rotatable bonds is 5. The first-order chi connectivity index (χ1) is 13.0. The molecule has 1 aromatic carbocycles. The number of hydrogen-bond donors (Lipinski definition) is 1. The van der Waals surface area contributed by atoms with Crippen LogP contribution in [-0.4, -0.2) is 48.8 Å². The van der Waals surface area contributed by atoms with Crippen molar-refractivity contribution in [2.24, 2.45) is 11.3 Å². The third kappa shape index (κ3) is 4.95. The second kappa shape index (κ2) is 7.79. The first-order valence-electron chi connectivity index (χ1n) is 10.1. The summed E-state index contributed by atoms with van der Waals surface area (Å²) in [6, 6.07) is 3.88. The summed E-state index contributed by atoms with van der Waals surface area (Å²) in [5, 5.41) is 10.8. The van der Waals surface area contributed by atoms with Crippen LogP contribution in [0.5, 0.6) is 11.5 Å². The maximum absolute atomic E-state index is 13.2. The number of benzene rings is 1. The Kier molecular flexibility index (Phi) is 5.93. The monoisotopic (exact) mass is 397 g/mol. The highest BCUT2D eigenvalue weighted by molar-refractivity contribution is 5.49. The van der Waals surface area contributed by atoms with Crippen molar-refractivity contribution in [1.82, 2.24) is 4.90 Å². The predicted octanol–water partition coefficient (Wildman–Crippen LogP) is 4.45. The molecule has 0 spiro atoms. The Morgan fingerprint density at radius 3 is 2.50 bits per heavy atom. The second-order valence-electron chi connectivity index (χ2n) is 9.65. The fourth-order valence-electron chi connectivity index (χ4n) is 4.56. The average Bonchev–Trinajstić information content (AvgIpc) is 2.58. The first kappa shape index (κ1) is 21.3. The van der Waals surface area contributed by atoms with Gasteiger partial charge in [-0.2, -0.15) is 0 Å². The number of aliphatic hydroxyl groups excluding tert-OH is 1. The molecule has 1 saturated heterocycles. The molecule has 158 valence electrons. The summed E-state index contributed by atoms with van der Waals surface area (Å²) in [5.41, 5.74) is 2.40. The number of alkyl halides is 2. The van der Waals surface area contributed by atoms with Crippen LogP contribution in [0.1, 0.15) is 57.7 Å². The van der Waals surface area contributed by atoms with Gasteiger partial charge in [-0.1, -0.05) is 20.8 Å². The van der Waals surface area contributed by atoms with Crippen molar-refractivity contribution < 1.29 is 23.4 Å². The van der Waals surface area contributed by atoms with Gasteiger partial charge >= 0.3 is 0 Å². The van der Waals surface area contributed by atoms with E-state index in [0.29, 0.717) is 17.9 Å². The van der Waals surface area contributed by atoms with Crippen LogP contribution in [0.25, 0.3) is 0 Å². The minimum atomic E-state index is -2.90. The summed E-state index contributed by atoms with van der Waals surface area (Å²) in [7, 11) is 1.52. The molecule has 2 aliphatic heterocycles. The number of nitrogens with zero attached hydrogens (tertiary/aromatic N) is 1. The minimum Gasteiger partial charge on any atom is -0.493 e. The van der Waals surface area contributed by atoms with E-state index in [9.17, 15) is 13.9 Å². The largest absolute Gasteiger partial charge is 0.493 e. The second-order valence-corrected chi connectivity index (χ2v) is 9.65. The van der Waals surface area contributed by atoms with Gasteiger partial charge in [-0.3, -0.25) is 4.90 Å². The molecule has 2 aliphatic rings. The Morgan fingerprint density at radius 1 is 1.18 bits per heavy atom. The van der Waals surface area contributed by atoms with E-state index in [2.05, 4.69) is 25.7 Å². The van der Waals surface area contributed by atoms with Gasteiger partial charge in [0.15, 0.2) is 18.1 Å². The van der Waals surface area contributed by atoms with Gasteiger partial charge in [0.25, 0.3) is 5.92 Å². The molecular formula is C22H33F2NO3. The SMILES string of the molecule is COc1cc2c(cc1OCC(C)(F)F)CCN1C[C@@H](CC(C)(C)C)[C@H](O)C[C@H]21. The molecule has 0 aromatic heterocycles. The van der Waals surface area contributed by atoms with Crippen LogP contribution in [0, 0.1) is 11.3 Å². The molecule has 1 fully saturated rings. The molecule has 4 nitrogen and oxygen atoms in total. The van der Waals surface area contributed by atoms with E-state index in [1.165, 1.54) is 7.11 Å². The molecule has 0 amide bonds. The topological polar surface area (TPSA) is 41.9 Å². The predicted molar refractivity (Wildman–Crippen MR) is 105 cm³/mol. The van der Waals surface area contributed by atoms with Crippen LogP contribution >= 0.6 is 0 Å². The number of methoxy groups -OCH3 is 1. The van der Waals surface area contributed by atoms with Crippen molar-refractivity contribution in [3.63, 3.8) is 0 Å². The van der Waals surface area contributed by atoms with E-state index in [-0.39, 0.29) is 23.5 Å². The molecule has 0 aliphatic carbocycles. The third-order valence-electron chi connectivity index (χ3n) is 5.73.